The van der Waals surface area contributed by atoms with Gasteiger partial charge >= 0.3 is 5.69 Å². The third-order valence-electron chi connectivity index (χ3n) is 3.97. The van der Waals surface area contributed by atoms with Crippen LogP contribution in [0.2, 0.25) is 0 Å². The number of nitrogens with zero attached hydrogens (tertiary/aromatic N) is 3. The third-order valence-corrected chi connectivity index (χ3v) is 4.66. The molecule has 1 aromatic carbocycles. The second-order valence-corrected chi connectivity index (χ2v) is 6.37. The fraction of sp³-hybridized carbons (Fsp3) is 0.188. The molecule has 7 nitrogen and oxygen atoms in total. The van der Waals surface area contributed by atoms with Gasteiger partial charge in [-0.15, -0.1) is 0 Å². The summed E-state index contributed by atoms with van der Waals surface area (Å²) in [5.41, 5.74) is 6.24. The van der Waals surface area contributed by atoms with E-state index < -0.39 is 17.2 Å². The van der Waals surface area contributed by atoms with Crippen molar-refractivity contribution in [1.82, 2.24) is 13.7 Å². The Bertz CT molecular complexity index is 1090. The van der Waals surface area contributed by atoms with Gasteiger partial charge in [-0.3, -0.25) is 18.7 Å². The summed E-state index contributed by atoms with van der Waals surface area (Å²) >= 11 is 3.47. The summed E-state index contributed by atoms with van der Waals surface area (Å²) < 4.78 is 4.81. The molecule has 0 aliphatic rings. The molecule has 2 heterocycles. The van der Waals surface area contributed by atoms with Crippen LogP contribution in [-0.4, -0.2) is 19.6 Å². The lowest BCUT2D eigenvalue weighted by atomic mass is 10.1. The topological polar surface area (TPSA) is 92.0 Å². The van der Waals surface area contributed by atoms with Crippen LogP contribution in [0.3, 0.4) is 0 Å². The Labute approximate surface area is 145 Å². The van der Waals surface area contributed by atoms with E-state index in [4.69, 9.17) is 5.73 Å². The predicted molar refractivity (Wildman–Crippen MR) is 94.8 cm³/mol. The molecule has 0 unspecified atom stereocenters. The zero-order valence-electron chi connectivity index (χ0n) is 13.1. The lowest BCUT2D eigenvalue weighted by Gasteiger charge is -2.10. The Morgan fingerprint density at radius 1 is 1.17 bits per heavy atom. The van der Waals surface area contributed by atoms with Crippen molar-refractivity contribution in [2.45, 2.75) is 6.54 Å². The van der Waals surface area contributed by atoms with E-state index in [0.717, 1.165) is 14.6 Å². The molecule has 1 amide bonds. The summed E-state index contributed by atoms with van der Waals surface area (Å²) in [6, 6.07) is 7.36. The molecule has 24 heavy (non-hydrogen) atoms. The lowest BCUT2D eigenvalue weighted by molar-refractivity contribution is -0.118. The maximum Gasteiger partial charge on any atom is 0.330 e. The molecule has 0 fully saturated rings. The number of rotatable bonds is 3. The molecule has 0 bridgehead atoms. The number of amides is 1. The number of nitrogens with two attached hydrogens (primary N) is 1. The second kappa shape index (κ2) is 5.79. The van der Waals surface area contributed by atoms with E-state index in [0.29, 0.717) is 16.6 Å². The molecular formula is C16H15BrN4O3. The van der Waals surface area contributed by atoms with E-state index in [1.54, 1.807) is 17.8 Å². The summed E-state index contributed by atoms with van der Waals surface area (Å²) in [7, 11) is 3.02. The first-order chi connectivity index (χ1) is 11.3. The Morgan fingerprint density at radius 2 is 1.83 bits per heavy atom. The van der Waals surface area contributed by atoms with Crippen LogP contribution in [0.1, 0.15) is 0 Å². The predicted octanol–water partition coefficient (Wildman–Crippen LogP) is 0.953. The van der Waals surface area contributed by atoms with Crippen molar-refractivity contribution in [2.75, 3.05) is 0 Å². The van der Waals surface area contributed by atoms with E-state index in [-0.39, 0.29) is 6.54 Å². The average Bonchev–Trinajstić information content (AvgIpc) is 2.90. The summed E-state index contributed by atoms with van der Waals surface area (Å²) in [5, 5.41) is 0.368. The summed E-state index contributed by atoms with van der Waals surface area (Å²) in [6.07, 6.45) is 1.61. The molecule has 0 saturated carbocycles. The lowest BCUT2D eigenvalue weighted by Crippen LogP contribution is -2.36. The van der Waals surface area contributed by atoms with Gasteiger partial charge in [0, 0.05) is 30.3 Å². The first-order valence-corrected chi connectivity index (χ1v) is 7.94. The van der Waals surface area contributed by atoms with Crippen molar-refractivity contribution in [3.8, 4) is 11.3 Å². The molecule has 124 valence electrons. The number of benzene rings is 1. The Kier molecular flexibility index (Phi) is 3.92. The van der Waals surface area contributed by atoms with Crippen molar-refractivity contribution in [3.63, 3.8) is 0 Å². The third kappa shape index (κ3) is 2.39. The number of fused-ring (bicyclic) bond motifs is 1. The SMILES string of the molecule is Cn1c(=O)c2c(-c3ccccc3Br)n(CC(N)=O)cc2n(C)c1=O. The molecule has 8 heteroatoms. The van der Waals surface area contributed by atoms with Crippen molar-refractivity contribution >= 4 is 32.7 Å². The Morgan fingerprint density at radius 3 is 2.46 bits per heavy atom. The fourth-order valence-electron chi connectivity index (χ4n) is 2.82. The molecule has 0 spiro atoms. The number of primary amides is 1. The summed E-state index contributed by atoms with van der Waals surface area (Å²) in [4.78, 5) is 36.3. The van der Waals surface area contributed by atoms with Gasteiger partial charge in [-0.05, 0) is 6.07 Å². The van der Waals surface area contributed by atoms with Crippen LogP contribution in [0.15, 0.2) is 44.5 Å². The highest BCUT2D eigenvalue weighted by Crippen LogP contribution is 2.33. The van der Waals surface area contributed by atoms with Gasteiger partial charge in [0.2, 0.25) is 5.91 Å². The first kappa shape index (κ1) is 16.3. The number of hydrogen-bond acceptors (Lipinski definition) is 3. The van der Waals surface area contributed by atoms with E-state index >= 15 is 0 Å². The molecule has 0 radical (unpaired) electrons. The van der Waals surface area contributed by atoms with Gasteiger partial charge < -0.3 is 10.3 Å². The van der Waals surface area contributed by atoms with Crippen molar-refractivity contribution < 1.29 is 4.79 Å². The monoisotopic (exact) mass is 390 g/mol. The van der Waals surface area contributed by atoms with Gasteiger partial charge in [0.1, 0.15) is 6.54 Å². The molecule has 0 saturated heterocycles. The van der Waals surface area contributed by atoms with Crippen LogP contribution in [-0.2, 0) is 25.4 Å². The van der Waals surface area contributed by atoms with Crippen LogP contribution in [0.25, 0.3) is 22.2 Å². The van der Waals surface area contributed by atoms with Crippen molar-refractivity contribution in [1.29, 1.82) is 0 Å². The molecule has 0 atom stereocenters. The van der Waals surface area contributed by atoms with Crippen LogP contribution in [0.5, 0.6) is 0 Å². The van der Waals surface area contributed by atoms with E-state index in [9.17, 15) is 14.4 Å². The van der Waals surface area contributed by atoms with Crippen molar-refractivity contribution in [3.05, 3.63) is 55.8 Å². The maximum atomic E-state index is 12.7. The normalized spacial score (nSPS) is 11.1. The fourth-order valence-corrected chi connectivity index (χ4v) is 3.30. The van der Waals surface area contributed by atoms with Gasteiger partial charge in [-0.2, -0.15) is 0 Å². The number of aromatic nitrogens is 3. The zero-order chi connectivity index (χ0) is 17.6. The highest BCUT2D eigenvalue weighted by molar-refractivity contribution is 9.10. The summed E-state index contributed by atoms with van der Waals surface area (Å²) in [6.45, 7) is -0.0946. The zero-order valence-corrected chi connectivity index (χ0v) is 14.7. The molecule has 2 aromatic heterocycles. The van der Waals surface area contributed by atoms with Gasteiger partial charge in [0.25, 0.3) is 5.56 Å². The quantitative estimate of drug-likeness (QED) is 0.721. The van der Waals surface area contributed by atoms with Crippen molar-refractivity contribution in [2.24, 2.45) is 19.8 Å². The standard InChI is InChI=1S/C16H15BrN4O3/c1-19-11-7-21(8-12(18)22)14(9-5-3-4-6-10(9)17)13(11)15(23)20(2)16(19)24/h3-7H,8H2,1-2H3,(H2,18,22). The van der Waals surface area contributed by atoms with Crippen LogP contribution < -0.4 is 17.0 Å². The summed E-state index contributed by atoms with van der Waals surface area (Å²) in [5.74, 6) is -0.537. The van der Waals surface area contributed by atoms with Crippen LogP contribution in [0.4, 0.5) is 0 Å². The van der Waals surface area contributed by atoms with Gasteiger partial charge in [-0.1, -0.05) is 34.1 Å². The van der Waals surface area contributed by atoms with Gasteiger partial charge in [0.05, 0.1) is 16.6 Å². The number of carbonyl (C=O) groups excluding carboxylic acids is 1. The molecule has 2 N–H and O–H groups in total. The van der Waals surface area contributed by atoms with Crippen LogP contribution in [0, 0.1) is 0 Å². The van der Waals surface area contributed by atoms with E-state index in [1.165, 1.54) is 11.6 Å². The number of halogens is 1. The molecular weight excluding hydrogens is 376 g/mol. The van der Waals surface area contributed by atoms with E-state index in [2.05, 4.69) is 15.9 Å². The number of aryl methyl sites for hydroxylation is 1. The largest absolute Gasteiger partial charge is 0.368 e. The molecule has 0 aliphatic heterocycles. The highest BCUT2D eigenvalue weighted by Gasteiger charge is 2.21. The minimum absolute atomic E-state index is 0.0946. The molecule has 3 aromatic rings. The molecule has 0 aliphatic carbocycles. The Balaban J connectivity index is 2.54. The van der Waals surface area contributed by atoms with E-state index in [1.807, 2.05) is 24.3 Å². The first-order valence-electron chi connectivity index (χ1n) is 7.15. The van der Waals surface area contributed by atoms with Gasteiger partial charge in [0.15, 0.2) is 0 Å². The number of carbonyl (C=O) groups is 1. The second-order valence-electron chi connectivity index (χ2n) is 5.52. The minimum Gasteiger partial charge on any atom is -0.368 e. The maximum absolute atomic E-state index is 12.7. The Hall–Kier alpha value is -2.61. The number of hydrogen-bond donors (Lipinski definition) is 1. The minimum atomic E-state index is -0.537. The average molecular weight is 391 g/mol. The molecule has 3 rings (SSSR count). The highest BCUT2D eigenvalue weighted by atomic mass is 79.9. The smallest absolute Gasteiger partial charge is 0.330 e. The van der Waals surface area contributed by atoms with Gasteiger partial charge in [-0.25, -0.2) is 4.79 Å². The van der Waals surface area contributed by atoms with Crippen LogP contribution >= 0.6 is 15.9 Å².